The first kappa shape index (κ1) is 20.3. The maximum absolute atomic E-state index is 12.1. The monoisotopic (exact) mass is 371 g/mol. The summed E-state index contributed by atoms with van der Waals surface area (Å²) in [6.45, 7) is 3.57. The van der Waals surface area contributed by atoms with Crippen LogP contribution in [0.1, 0.15) is 38.5 Å². The standard InChI is InChI=1S/C16H25N3O7/c1-3-8(2)4-10-12(22)13(23)15(26-10)19-7-9(5-17-6-11(20)21)14(24)18-16(19)25/h7-8,10,12-13,15,17,22-23H,3-6H2,1-2H3,(H,20,21)(H,18,24,25)/t8?,10-,12-,13-,15-/m1/s1. The summed E-state index contributed by atoms with van der Waals surface area (Å²) in [5.74, 6) is -0.816. The number of rotatable bonds is 8. The van der Waals surface area contributed by atoms with Gasteiger partial charge in [0.2, 0.25) is 0 Å². The average Bonchev–Trinajstić information content (AvgIpc) is 2.84. The van der Waals surface area contributed by atoms with Crippen LogP contribution in [-0.2, 0) is 16.1 Å². The molecule has 1 aliphatic heterocycles. The number of H-pyrrole nitrogens is 1. The second-order valence-electron chi connectivity index (χ2n) is 6.61. The molecule has 1 fully saturated rings. The third-order valence-electron chi connectivity index (χ3n) is 4.58. The van der Waals surface area contributed by atoms with Crippen LogP contribution < -0.4 is 16.6 Å². The van der Waals surface area contributed by atoms with Gasteiger partial charge in [-0.15, -0.1) is 0 Å². The largest absolute Gasteiger partial charge is 0.480 e. The van der Waals surface area contributed by atoms with Crippen LogP contribution in [0.3, 0.4) is 0 Å². The number of aromatic amines is 1. The molecule has 5 N–H and O–H groups in total. The molecular formula is C16H25N3O7. The number of hydrogen-bond donors (Lipinski definition) is 5. The lowest BCUT2D eigenvalue weighted by atomic mass is 9.97. The summed E-state index contributed by atoms with van der Waals surface area (Å²) in [4.78, 5) is 36.7. The molecule has 146 valence electrons. The number of carboxylic acids is 1. The van der Waals surface area contributed by atoms with Gasteiger partial charge in [0.1, 0.15) is 12.2 Å². The van der Waals surface area contributed by atoms with Gasteiger partial charge in [-0.1, -0.05) is 20.3 Å². The lowest BCUT2D eigenvalue weighted by Gasteiger charge is -2.19. The van der Waals surface area contributed by atoms with E-state index in [9.17, 15) is 24.6 Å². The third-order valence-corrected chi connectivity index (χ3v) is 4.58. The molecule has 0 spiro atoms. The molecule has 1 saturated heterocycles. The van der Waals surface area contributed by atoms with Gasteiger partial charge in [0.15, 0.2) is 6.23 Å². The molecule has 5 atom stereocenters. The molecule has 0 aliphatic carbocycles. The van der Waals surface area contributed by atoms with Crippen molar-refractivity contribution in [2.45, 2.75) is 57.8 Å². The number of carbonyl (C=O) groups is 1. The average molecular weight is 371 g/mol. The molecule has 1 unspecified atom stereocenters. The first-order chi connectivity index (χ1) is 12.2. The highest BCUT2D eigenvalue weighted by molar-refractivity contribution is 5.68. The van der Waals surface area contributed by atoms with E-state index >= 15 is 0 Å². The van der Waals surface area contributed by atoms with Crippen molar-refractivity contribution in [2.75, 3.05) is 6.54 Å². The summed E-state index contributed by atoms with van der Waals surface area (Å²) < 4.78 is 6.71. The van der Waals surface area contributed by atoms with Crippen molar-refractivity contribution in [1.82, 2.24) is 14.9 Å². The highest BCUT2D eigenvalue weighted by Gasteiger charge is 2.44. The minimum Gasteiger partial charge on any atom is -0.480 e. The summed E-state index contributed by atoms with van der Waals surface area (Å²) >= 11 is 0. The molecule has 2 rings (SSSR count). The predicted molar refractivity (Wildman–Crippen MR) is 90.7 cm³/mol. The predicted octanol–water partition coefficient (Wildman–Crippen LogP) is -1.23. The van der Waals surface area contributed by atoms with Crippen LogP contribution in [0, 0.1) is 5.92 Å². The van der Waals surface area contributed by atoms with Gasteiger partial charge in [-0.2, -0.15) is 0 Å². The zero-order valence-corrected chi connectivity index (χ0v) is 14.7. The van der Waals surface area contributed by atoms with E-state index in [0.29, 0.717) is 6.42 Å². The quantitative estimate of drug-likeness (QED) is 0.380. The third kappa shape index (κ3) is 4.58. The van der Waals surface area contributed by atoms with Crippen LogP contribution in [0.5, 0.6) is 0 Å². The summed E-state index contributed by atoms with van der Waals surface area (Å²) in [6.07, 6.45) is -1.63. The van der Waals surface area contributed by atoms with Gasteiger partial charge in [-0.25, -0.2) is 4.79 Å². The van der Waals surface area contributed by atoms with E-state index in [1.54, 1.807) is 0 Å². The highest BCUT2D eigenvalue weighted by atomic mass is 16.6. The van der Waals surface area contributed by atoms with E-state index in [1.165, 1.54) is 6.20 Å². The smallest absolute Gasteiger partial charge is 0.330 e. The summed E-state index contributed by atoms with van der Waals surface area (Å²) in [5.41, 5.74) is -1.33. The van der Waals surface area contributed by atoms with E-state index in [4.69, 9.17) is 9.84 Å². The molecule has 1 aliphatic rings. The molecule has 10 nitrogen and oxygen atoms in total. The highest BCUT2D eigenvalue weighted by Crippen LogP contribution is 2.32. The van der Waals surface area contributed by atoms with E-state index in [-0.39, 0.29) is 24.6 Å². The van der Waals surface area contributed by atoms with Crippen LogP contribution in [-0.4, -0.2) is 55.7 Å². The Balaban J connectivity index is 2.23. The molecule has 0 saturated carbocycles. The number of aromatic nitrogens is 2. The van der Waals surface area contributed by atoms with Crippen LogP contribution in [0.25, 0.3) is 0 Å². The first-order valence-electron chi connectivity index (χ1n) is 8.53. The molecule has 0 amide bonds. The lowest BCUT2D eigenvalue weighted by molar-refractivity contribution is -0.136. The van der Waals surface area contributed by atoms with Crippen LogP contribution in [0.15, 0.2) is 15.8 Å². The zero-order chi connectivity index (χ0) is 19.4. The van der Waals surface area contributed by atoms with Gasteiger partial charge in [-0.05, 0) is 12.3 Å². The van der Waals surface area contributed by atoms with Crippen molar-refractivity contribution in [1.29, 1.82) is 0 Å². The number of carboxylic acid groups (broad SMARTS) is 1. The Morgan fingerprint density at radius 2 is 2.08 bits per heavy atom. The van der Waals surface area contributed by atoms with Crippen molar-refractivity contribution < 1.29 is 24.9 Å². The van der Waals surface area contributed by atoms with Gasteiger partial charge in [0, 0.05) is 18.3 Å². The van der Waals surface area contributed by atoms with Crippen molar-refractivity contribution in [3.05, 3.63) is 32.6 Å². The molecule has 1 aromatic heterocycles. The zero-order valence-electron chi connectivity index (χ0n) is 14.7. The first-order valence-corrected chi connectivity index (χ1v) is 8.53. The Hall–Kier alpha value is -2.01. The summed E-state index contributed by atoms with van der Waals surface area (Å²) in [7, 11) is 0. The molecule has 0 radical (unpaired) electrons. The van der Waals surface area contributed by atoms with Crippen LogP contribution >= 0.6 is 0 Å². The Morgan fingerprint density at radius 1 is 1.38 bits per heavy atom. The molecular weight excluding hydrogens is 346 g/mol. The molecule has 10 heteroatoms. The van der Waals surface area contributed by atoms with E-state index in [0.717, 1.165) is 11.0 Å². The SMILES string of the molecule is CCC(C)C[C@H]1O[C@@H](n2cc(CNCC(=O)O)c(=O)[nH]c2=O)[C@H](O)[C@@H]1O. The maximum atomic E-state index is 12.1. The lowest BCUT2D eigenvalue weighted by Crippen LogP contribution is -2.39. The Morgan fingerprint density at radius 3 is 2.69 bits per heavy atom. The molecule has 2 heterocycles. The second kappa shape index (κ2) is 8.58. The number of aliphatic carboxylic acids is 1. The Kier molecular flexibility index (Phi) is 6.70. The van der Waals surface area contributed by atoms with Crippen molar-refractivity contribution >= 4 is 5.97 Å². The normalized spacial score (nSPS) is 26.8. The Labute approximate surface area is 149 Å². The van der Waals surface area contributed by atoms with Crippen LogP contribution in [0.4, 0.5) is 0 Å². The number of aliphatic hydroxyl groups is 2. The number of aliphatic hydroxyl groups excluding tert-OH is 2. The van der Waals surface area contributed by atoms with Gasteiger partial charge in [-0.3, -0.25) is 19.1 Å². The summed E-state index contributed by atoms with van der Waals surface area (Å²) in [6, 6.07) is 0. The topological polar surface area (TPSA) is 154 Å². The molecule has 0 bridgehead atoms. The van der Waals surface area contributed by atoms with E-state index in [1.807, 2.05) is 13.8 Å². The minimum atomic E-state index is -1.33. The summed E-state index contributed by atoms with van der Waals surface area (Å²) in [5, 5.41) is 31.7. The van der Waals surface area contributed by atoms with Gasteiger partial charge in [0.25, 0.3) is 5.56 Å². The number of nitrogens with zero attached hydrogens (tertiary/aromatic N) is 1. The van der Waals surface area contributed by atoms with Gasteiger partial charge < -0.3 is 25.4 Å². The van der Waals surface area contributed by atoms with Gasteiger partial charge in [0.05, 0.1) is 12.6 Å². The van der Waals surface area contributed by atoms with E-state index < -0.39 is 41.8 Å². The fourth-order valence-corrected chi connectivity index (χ4v) is 2.86. The van der Waals surface area contributed by atoms with Crippen molar-refractivity contribution in [3.63, 3.8) is 0 Å². The van der Waals surface area contributed by atoms with Crippen molar-refractivity contribution in [2.24, 2.45) is 5.92 Å². The fourth-order valence-electron chi connectivity index (χ4n) is 2.86. The number of hydrogen-bond acceptors (Lipinski definition) is 7. The maximum Gasteiger partial charge on any atom is 0.330 e. The fraction of sp³-hybridized carbons (Fsp3) is 0.688. The molecule has 1 aromatic rings. The molecule has 26 heavy (non-hydrogen) atoms. The van der Waals surface area contributed by atoms with Crippen molar-refractivity contribution in [3.8, 4) is 0 Å². The van der Waals surface area contributed by atoms with E-state index in [2.05, 4.69) is 10.3 Å². The number of ether oxygens (including phenoxy) is 1. The number of nitrogens with one attached hydrogen (secondary N) is 2. The molecule has 0 aromatic carbocycles. The Bertz CT molecular complexity index is 744. The minimum absolute atomic E-state index is 0.0798. The second-order valence-corrected chi connectivity index (χ2v) is 6.61. The van der Waals surface area contributed by atoms with Crippen LogP contribution in [0.2, 0.25) is 0 Å². The van der Waals surface area contributed by atoms with Gasteiger partial charge >= 0.3 is 11.7 Å².